The van der Waals surface area contributed by atoms with Gasteiger partial charge in [0, 0.05) is 6.54 Å². The molecule has 7 heteroatoms. The Bertz CT molecular complexity index is 577. The lowest BCUT2D eigenvalue weighted by molar-refractivity contribution is -0.185. The fourth-order valence-corrected chi connectivity index (χ4v) is 2.55. The molecule has 0 saturated carbocycles. The van der Waals surface area contributed by atoms with E-state index in [1.165, 1.54) is 4.90 Å². The number of aliphatic hydroxyl groups is 1. The Morgan fingerprint density at radius 3 is 2.25 bits per heavy atom. The number of carbonyl (C=O) groups is 2. The molecule has 2 unspecified atom stereocenters. The molecule has 0 aromatic heterocycles. The number of benzene rings is 1. The predicted molar refractivity (Wildman–Crippen MR) is 89.0 cm³/mol. The maximum Gasteiger partial charge on any atom is 0.261 e. The number of imide groups is 1. The lowest BCUT2D eigenvalue weighted by atomic mass is 10.1. The number of hydrogen-bond acceptors (Lipinski definition) is 6. The second-order valence-corrected chi connectivity index (χ2v) is 6.81. The summed E-state index contributed by atoms with van der Waals surface area (Å²) in [7, 11) is 0. The minimum atomic E-state index is -1.17. The minimum Gasteiger partial charge on any atom is -0.356 e. The van der Waals surface area contributed by atoms with Crippen LogP contribution >= 0.6 is 0 Å². The molecule has 2 rings (SSSR count). The summed E-state index contributed by atoms with van der Waals surface area (Å²) in [6.45, 7) is 5.76. The maximum atomic E-state index is 12.2. The van der Waals surface area contributed by atoms with Crippen molar-refractivity contribution in [1.82, 2.24) is 10.2 Å². The number of hydrogen-bond donors (Lipinski definition) is 3. The lowest BCUT2D eigenvalue weighted by Gasteiger charge is -2.26. The van der Waals surface area contributed by atoms with Crippen molar-refractivity contribution in [3.8, 4) is 0 Å². The smallest absolute Gasteiger partial charge is 0.261 e. The molecule has 24 heavy (non-hydrogen) atoms. The first kappa shape index (κ1) is 18.5. The van der Waals surface area contributed by atoms with Gasteiger partial charge in [-0.15, -0.1) is 0 Å². The Labute approximate surface area is 141 Å². The van der Waals surface area contributed by atoms with Gasteiger partial charge in [0.05, 0.1) is 22.9 Å². The Hall–Kier alpha value is -1.80. The molecule has 0 spiro atoms. The Balaban J connectivity index is 1.79. The SMILES string of the molecule is CC(C)(C)OC(O)NC(N)CCCN1C(=O)c2ccccc2C1=O. The number of rotatable bonds is 7. The zero-order chi connectivity index (χ0) is 17.9. The highest BCUT2D eigenvalue weighted by atomic mass is 16.6. The van der Waals surface area contributed by atoms with Gasteiger partial charge in [-0.25, -0.2) is 0 Å². The molecule has 2 amide bonds. The van der Waals surface area contributed by atoms with E-state index in [0.717, 1.165) is 0 Å². The van der Waals surface area contributed by atoms with E-state index in [1.54, 1.807) is 24.3 Å². The van der Waals surface area contributed by atoms with Crippen LogP contribution in [0.4, 0.5) is 0 Å². The number of aliphatic hydroxyl groups excluding tert-OH is 1. The Morgan fingerprint density at radius 2 is 1.75 bits per heavy atom. The molecule has 0 fully saturated rings. The van der Waals surface area contributed by atoms with Crippen molar-refractivity contribution in [3.05, 3.63) is 35.4 Å². The van der Waals surface area contributed by atoms with Crippen molar-refractivity contribution in [3.63, 3.8) is 0 Å². The molecule has 1 aromatic rings. The first-order valence-corrected chi connectivity index (χ1v) is 8.02. The van der Waals surface area contributed by atoms with Crippen molar-refractivity contribution < 1.29 is 19.4 Å². The van der Waals surface area contributed by atoms with Crippen LogP contribution in [0.2, 0.25) is 0 Å². The second-order valence-electron chi connectivity index (χ2n) is 6.81. The summed E-state index contributed by atoms with van der Waals surface area (Å²) in [5.41, 5.74) is 6.29. The van der Waals surface area contributed by atoms with E-state index >= 15 is 0 Å². The molecule has 1 heterocycles. The van der Waals surface area contributed by atoms with E-state index < -0.39 is 18.2 Å². The average molecular weight is 335 g/mol. The normalized spacial score (nSPS) is 17.1. The Morgan fingerprint density at radius 1 is 1.21 bits per heavy atom. The fourth-order valence-electron chi connectivity index (χ4n) is 2.55. The molecule has 7 nitrogen and oxygen atoms in total. The van der Waals surface area contributed by atoms with Crippen molar-refractivity contribution in [2.75, 3.05) is 6.54 Å². The van der Waals surface area contributed by atoms with Crippen molar-refractivity contribution in [2.24, 2.45) is 5.73 Å². The molecule has 4 N–H and O–H groups in total. The molecule has 0 bridgehead atoms. The van der Waals surface area contributed by atoms with Crippen LogP contribution in [0.15, 0.2) is 24.3 Å². The molecule has 1 aliphatic heterocycles. The summed E-state index contributed by atoms with van der Waals surface area (Å²) in [6.07, 6.45) is -0.656. The molecule has 1 aliphatic rings. The Kier molecular flexibility index (Phi) is 5.71. The van der Waals surface area contributed by atoms with Crippen LogP contribution in [0.3, 0.4) is 0 Å². The fraction of sp³-hybridized carbons (Fsp3) is 0.529. The van der Waals surface area contributed by atoms with Gasteiger partial charge in [-0.05, 0) is 45.7 Å². The van der Waals surface area contributed by atoms with Gasteiger partial charge in [0.15, 0.2) is 0 Å². The average Bonchev–Trinajstić information content (AvgIpc) is 2.70. The van der Waals surface area contributed by atoms with Gasteiger partial charge in [-0.1, -0.05) is 12.1 Å². The van der Waals surface area contributed by atoms with Gasteiger partial charge in [0.25, 0.3) is 11.8 Å². The van der Waals surface area contributed by atoms with E-state index in [0.29, 0.717) is 24.0 Å². The molecular weight excluding hydrogens is 310 g/mol. The van der Waals surface area contributed by atoms with Gasteiger partial charge < -0.3 is 15.6 Å². The molecule has 0 radical (unpaired) electrons. The molecule has 1 aromatic carbocycles. The summed E-state index contributed by atoms with van der Waals surface area (Å²) < 4.78 is 5.31. The largest absolute Gasteiger partial charge is 0.356 e. The first-order valence-electron chi connectivity index (χ1n) is 8.02. The van der Waals surface area contributed by atoms with Gasteiger partial charge in [0.1, 0.15) is 0 Å². The summed E-state index contributed by atoms with van der Waals surface area (Å²) in [5, 5.41) is 12.5. The highest BCUT2D eigenvalue weighted by molar-refractivity contribution is 6.21. The predicted octanol–water partition coefficient (Wildman–Crippen LogP) is 1.03. The van der Waals surface area contributed by atoms with E-state index in [-0.39, 0.29) is 18.4 Å². The van der Waals surface area contributed by atoms with Crippen LogP contribution in [0.1, 0.15) is 54.3 Å². The topological polar surface area (TPSA) is 105 Å². The van der Waals surface area contributed by atoms with E-state index in [1.807, 2.05) is 20.8 Å². The second kappa shape index (κ2) is 7.40. The number of carbonyl (C=O) groups excluding carboxylic acids is 2. The monoisotopic (exact) mass is 335 g/mol. The third-order valence-electron chi connectivity index (χ3n) is 3.60. The number of amides is 2. The van der Waals surface area contributed by atoms with Crippen LogP contribution in [-0.2, 0) is 4.74 Å². The van der Waals surface area contributed by atoms with E-state index in [4.69, 9.17) is 10.5 Å². The van der Waals surface area contributed by atoms with Crippen molar-refractivity contribution in [1.29, 1.82) is 0 Å². The molecular formula is C17H25N3O4. The number of ether oxygens (including phenoxy) is 1. The van der Waals surface area contributed by atoms with Crippen LogP contribution in [0.5, 0.6) is 0 Å². The summed E-state index contributed by atoms with van der Waals surface area (Å²) >= 11 is 0. The van der Waals surface area contributed by atoms with Gasteiger partial charge in [-0.3, -0.25) is 19.8 Å². The van der Waals surface area contributed by atoms with Crippen molar-refractivity contribution >= 4 is 11.8 Å². The highest BCUT2D eigenvalue weighted by Gasteiger charge is 2.34. The summed E-state index contributed by atoms with van der Waals surface area (Å²) in [4.78, 5) is 25.7. The number of nitrogens with one attached hydrogen (secondary N) is 1. The van der Waals surface area contributed by atoms with E-state index in [9.17, 15) is 14.7 Å². The molecule has 0 aliphatic carbocycles. The van der Waals surface area contributed by atoms with Crippen LogP contribution in [0.25, 0.3) is 0 Å². The van der Waals surface area contributed by atoms with Gasteiger partial charge in [-0.2, -0.15) is 0 Å². The maximum absolute atomic E-state index is 12.2. The van der Waals surface area contributed by atoms with Crippen molar-refractivity contribution in [2.45, 2.75) is 51.8 Å². The number of fused-ring (bicyclic) bond motifs is 1. The molecule has 132 valence electrons. The minimum absolute atomic E-state index is 0.270. The van der Waals surface area contributed by atoms with Crippen LogP contribution < -0.4 is 11.1 Å². The number of nitrogens with two attached hydrogens (primary N) is 1. The first-order chi connectivity index (χ1) is 11.2. The molecule has 0 saturated heterocycles. The lowest BCUT2D eigenvalue weighted by Crippen LogP contribution is -2.48. The highest BCUT2D eigenvalue weighted by Crippen LogP contribution is 2.22. The third-order valence-corrected chi connectivity index (χ3v) is 3.60. The molecule has 2 atom stereocenters. The quantitative estimate of drug-likeness (QED) is 0.508. The zero-order valence-electron chi connectivity index (χ0n) is 14.3. The standard InChI is InChI=1S/C17H25N3O4/c1-17(2,3)24-16(23)19-13(18)9-6-10-20-14(21)11-7-4-5-8-12(11)15(20)22/h4-5,7-8,13,16,19,23H,6,9-10,18H2,1-3H3. The van der Waals surface area contributed by atoms with Gasteiger partial charge >= 0.3 is 0 Å². The van der Waals surface area contributed by atoms with Crippen LogP contribution in [0, 0.1) is 0 Å². The zero-order valence-corrected chi connectivity index (χ0v) is 14.3. The van der Waals surface area contributed by atoms with Crippen LogP contribution in [-0.4, -0.2) is 46.5 Å². The number of nitrogens with zero attached hydrogens (tertiary/aromatic N) is 1. The van der Waals surface area contributed by atoms with E-state index in [2.05, 4.69) is 5.32 Å². The summed E-state index contributed by atoms with van der Waals surface area (Å²) in [5.74, 6) is -0.540. The summed E-state index contributed by atoms with van der Waals surface area (Å²) in [6, 6.07) is 6.79. The third kappa shape index (κ3) is 4.61. The van der Waals surface area contributed by atoms with Gasteiger partial charge in [0.2, 0.25) is 6.41 Å².